The first kappa shape index (κ1) is 17.5. The summed E-state index contributed by atoms with van der Waals surface area (Å²) in [5, 5.41) is 14.1. The van der Waals surface area contributed by atoms with Crippen LogP contribution in [0.25, 0.3) is 5.69 Å². The summed E-state index contributed by atoms with van der Waals surface area (Å²) >= 11 is 6.26. The molecule has 1 aliphatic rings. The molecule has 25 heavy (non-hydrogen) atoms. The zero-order valence-electron chi connectivity index (χ0n) is 14.0. The number of likely N-dealkylation sites (tertiary alicyclic amines) is 1. The molecule has 1 N–H and O–H groups in total. The quantitative estimate of drug-likeness (QED) is 0.908. The minimum absolute atomic E-state index is 0.166. The topological polar surface area (TPSA) is 75.4 Å². The van der Waals surface area contributed by atoms with Crippen molar-refractivity contribution in [3.05, 3.63) is 46.7 Å². The van der Waals surface area contributed by atoms with Crippen LogP contribution < -0.4 is 0 Å². The lowest BCUT2D eigenvalue weighted by molar-refractivity contribution is -0.143. The Morgan fingerprint density at radius 2 is 2.12 bits per heavy atom. The first-order valence-electron chi connectivity index (χ1n) is 8.36. The van der Waals surface area contributed by atoms with Crippen molar-refractivity contribution in [3.63, 3.8) is 0 Å². The van der Waals surface area contributed by atoms with Crippen molar-refractivity contribution in [1.82, 2.24) is 14.7 Å². The maximum atomic E-state index is 12.9. The molecule has 7 heteroatoms. The van der Waals surface area contributed by atoms with Crippen LogP contribution in [-0.2, 0) is 11.2 Å². The smallest absolute Gasteiger partial charge is 0.308 e. The first-order chi connectivity index (χ1) is 12.0. The Morgan fingerprint density at radius 3 is 2.80 bits per heavy atom. The second-order valence-electron chi connectivity index (χ2n) is 6.15. The van der Waals surface area contributed by atoms with Crippen LogP contribution in [0.4, 0.5) is 0 Å². The molecule has 1 fully saturated rings. The highest BCUT2D eigenvalue weighted by Gasteiger charge is 2.30. The highest BCUT2D eigenvalue weighted by atomic mass is 35.5. The lowest BCUT2D eigenvalue weighted by Crippen LogP contribution is -2.42. The first-order valence-corrected chi connectivity index (χ1v) is 8.74. The number of carbonyl (C=O) groups is 2. The van der Waals surface area contributed by atoms with Crippen LogP contribution in [0, 0.1) is 5.92 Å². The maximum Gasteiger partial charge on any atom is 0.308 e. The zero-order valence-corrected chi connectivity index (χ0v) is 14.7. The molecule has 0 saturated carbocycles. The van der Waals surface area contributed by atoms with Gasteiger partial charge >= 0.3 is 5.97 Å². The fourth-order valence-corrected chi connectivity index (χ4v) is 3.47. The Labute approximate surface area is 151 Å². The minimum Gasteiger partial charge on any atom is -0.481 e. The summed E-state index contributed by atoms with van der Waals surface area (Å²) in [5.74, 6) is -1.51. The summed E-state index contributed by atoms with van der Waals surface area (Å²) in [6.45, 7) is 2.77. The monoisotopic (exact) mass is 361 g/mol. The number of hydrogen-bond acceptors (Lipinski definition) is 3. The SMILES string of the molecule is CCc1c(C(=O)N2CCCC(C(=O)O)C2)cnn1-c1ccccc1Cl. The molecule has 0 bridgehead atoms. The van der Waals surface area contributed by atoms with Crippen LogP contribution in [0.5, 0.6) is 0 Å². The third kappa shape index (κ3) is 3.39. The van der Waals surface area contributed by atoms with E-state index in [-0.39, 0.29) is 12.5 Å². The summed E-state index contributed by atoms with van der Waals surface area (Å²) < 4.78 is 1.69. The molecule has 1 atom stereocenters. The number of aliphatic carboxylic acids is 1. The van der Waals surface area contributed by atoms with Gasteiger partial charge in [-0.25, -0.2) is 4.68 Å². The third-order valence-corrected chi connectivity index (χ3v) is 4.89. The number of benzene rings is 1. The lowest BCUT2D eigenvalue weighted by atomic mass is 9.97. The van der Waals surface area contributed by atoms with Crippen LogP contribution in [0.1, 0.15) is 35.8 Å². The van der Waals surface area contributed by atoms with Gasteiger partial charge < -0.3 is 10.0 Å². The summed E-state index contributed by atoms with van der Waals surface area (Å²) in [4.78, 5) is 25.8. The average Bonchev–Trinajstić information content (AvgIpc) is 3.05. The predicted molar refractivity (Wildman–Crippen MR) is 94.2 cm³/mol. The van der Waals surface area contributed by atoms with Crippen molar-refractivity contribution in [3.8, 4) is 5.69 Å². The number of amides is 1. The normalized spacial score (nSPS) is 17.5. The van der Waals surface area contributed by atoms with Gasteiger partial charge in [-0.05, 0) is 31.4 Å². The molecule has 1 amide bonds. The number of piperidine rings is 1. The number of rotatable bonds is 4. The molecule has 1 aromatic heterocycles. The van der Waals surface area contributed by atoms with E-state index in [4.69, 9.17) is 11.6 Å². The molecular weight excluding hydrogens is 342 g/mol. The Kier molecular flexibility index (Phi) is 5.08. The molecule has 0 aliphatic carbocycles. The van der Waals surface area contributed by atoms with Crippen LogP contribution in [0.2, 0.25) is 5.02 Å². The molecule has 3 rings (SSSR count). The second kappa shape index (κ2) is 7.27. The highest BCUT2D eigenvalue weighted by molar-refractivity contribution is 6.32. The van der Waals surface area contributed by atoms with Gasteiger partial charge in [0.15, 0.2) is 0 Å². The highest BCUT2D eigenvalue weighted by Crippen LogP contribution is 2.25. The number of hydrogen-bond donors (Lipinski definition) is 1. The van der Waals surface area contributed by atoms with E-state index in [1.54, 1.807) is 21.8 Å². The van der Waals surface area contributed by atoms with E-state index in [0.717, 1.165) is 11.4 Å². The maximum absolute atomic E-state index is 12.9. The molecule has 1 saturated heterocycles. The zero-order chi connectivity index (χ0) is 18.0. The van der Waals surface area contributed by atoms with E-state index in [1.807, 2.05) is 25.1 Å². The van der Waals surface area contributed by atoms with Crippen LogP contribution >= 0.6 is 11.6 Å². The van der Waals surface area contributed by atoms with Gasteiger partial charge in [0.2, 0.25) is 0 Å². The van der Waals surface area contributed by atoms with Gasteiger partial charge in [-0.3, -0.25) is 9.59 Å². The van der Waals surface area contributed by atoms with Crippen molar-refractivity contribution in [1.29, 1.82) is 0 Å². The molecule has 1 unspecified atom stereocenters. The Balaban J connectivity index is 1.92. The van der Waals surface area contributed by atoms with Crippen LogP contribution in [0.15, 0.2) is 30.5 Å². The van der Waals surface area contributed by atoms with Crippen molar-refractivity contribution in [2.45, 2.75) is 26.2 Å². The van der Waals surface area contributed by atoms with E-state index in [1.165, 1.54) is 0 Å². The fraction of sp³-hybridized carbons (Fsp3) is 0.389. The average molecular weight is 362 g/mol. The summed E-state index contributed by atoms with van der Waals surface area (Å²) in [7, 11) is 0. The van der Waals surface area contributed by atoms with Crippen LogP contribution in [0.3, 0.4) is 0 Å². The summed E-state index contributed by atoms with van der Waals surface area (Å²) in [5.41, 5.74) is 2.01. The Bertz CT molecular complexity index is 803. The van der Waals surface area contributed by atoms with Gasteiger partial charge in [-0.15, -0.1) is 0 Å². The standard InChI is InChI=1S/C18H20ClN3O3/c1-2-15-13(10-20-22(15)16-8-4-3-7-14(16)19)17(23)21-9-5-6-12(11-21)18(24)25/h3-4,7-8,10,12H,2,5-6,9,11H2,1H3,(H,24,25). The molecule has 2 heterocycles. The van der Waals surface area contributed by atoms with Gasteiger partial charge in [0, 0.05) is 13.1 Å². The summed E-state index contributed by atoms with van der Waals surface area (Å²) in [6, 6.07) is 7.34. The lowest BCUT2D eigenvalue weighted by Gasteiger charge is -2.30. The van der Waals surface area contributed by atoms with Gasteiger partial charge in [0.1, 0.15) is 0 Å². The third-order valence-electron chi connectivity index (χ3n) is 4.57. The van der Waals surface area contributed by atoms with Crippen molar-refractivity contribution in [2.24, 2.45) is 5.92 Å². The molecule has 0 radical (unpaired) electrons. The van der Waals surface area contributed by atoms with Gasteiger partial charge in [-0.1, -0.05) is 30.7 Å². The summed E-state index contributed by atoms with van der Waals surface area (Å²) in [6.07, 6.45) is 3.47. The van der Waals surface area contributed by atoms with Gasteiger partial charge in [0.25, 0.3) is 5.91 Å². The molecule has 1 aromatic carbocycles. The number of halogens is 1. The van der Waals surface area contributed by atoms with Crippen molar-refractivity contribution >= 4 is 23.5 Å². The molecular formula is C18H20ClN3O3. The molecule has 6 nitrogen and oxygen atoms in total. The minimum atomic E-state index is -0.847. The van der Waals surface area contributed by atoms with Crippen LogP contribution in [-0.4, -0.2) is 44.8 Å². The number of carbonyl (C=O) groups excluding carboxylic acids is 1. The van der Waals surface area contributed by atoms with E-state index in [9.17, 15) is 14.7 Å². The number of nitrogens with zero attached hydrogens (tertiary/aromatic N) is 3. The molecule has 2 aromatic rings. The van der Waals surface area contributed by atoms with Gasteiger partial charge in [0.05, 0.1) is 34.1 Å². The number of para-hydroxylation sites is 1. The van der Waals surface area contributed by atoms with Crippen molar-refractivity contribution in [2.75, 3.05) is 13.1 Å². The molecule has 132 valence electrons. The van der Waals surface area contributed by atoms with Crippen molar-refractivity contribution < 1.29 is 14.7 Å². The predicted octanol–water partition coefficient (Wildman–Crippen LogP) is 3.02. The largest absolute Gasteiger partial charge is 0.481 e. The Morgan fingerprint density at radius 1 is 1.36 bits per heavy atom. The molecule has 0 spiro atoms. The van der Waals surface area contributed by atoms with E-state index in [0.29, 0.717) is 36.4 Å². The Hall–Kier alpha value is -2.34. The second-order valence-corrected chi connectivity index (χ2v) is 6.56. The number of aromatic nitrogens is 2. The number of carboxylic acids is 1. The van der Waals surface area contributed by atoms with E-state index >= 15 is 0 Å². The van der Waals surface area contributed by atoms with E-state index < -0.39 is 11.9 Å². The molecule has 1 aliphatic heterocycles. The van der Waals surface area contributed by atoms with E-state index in [2.05, 4.69) is 5.10 Å². The fourth-order valence-electron chi connectivity index (χ4n) is 3.26. The number of carboxylic acid groups (broad SMARTS) is 1. The van der Waals surface area contributed by atoms with Gasteiger partial charge in [-0.2, -0.15) is 5.10 Å².